The zero-order chi connectivity index (χ0) is 13.2. The summed E-state index contributed by atoms with van der Waals surface area (Å²) in [7, 11) is 0. The SMILES string of the molecule is CC(C)(C)c1ccc(C(N)C2CNCCO2)cc1. The average molecular weight is 248 g/mol. The van der Waals surface area contributed by atoms with Crippen molar-refractivity contribution in [1.29, 1.82) is 0 Å². The molecule has 1 aromatic carbocycles. The second kappa shape index (κ2) is 5.39. The van der Waals surface area contributed by atoms with Crippen molar-refractivity contribution in [2.24, 2.45) is 5.73 Å². The number of nitrogens with two attached hydrogens (primary N) is 1. The van der Waals surface area contributed by atoms with Crippen molar-refractivity contribution in [3.8, 4) is 0 Å². The summed E-state index contributed by atoms with van der Waals surface area (Å²) in [6.45, 7) is 9.16. The van der Waals surface area contributed by atoms with E-state index in [2.05, 4.69) is 50.4 Å². The van der Waals surface area contributed by atoms with Gasteiger partial charge in [-0.3, -0.25) is 0 Å². The van der Waals surface area contributed by atoms with Gasteiger partial charge >= 0.3 is 0 Å². The van der Waals surface area contributed by atoms with E-state index < -0.39 is 0 Å². The summed E-state index contributed by atoms with van der Waals surface area (Å²) in [6, 6.07) is 8.55. The highest BCUT2D eigenvalue weighted by molar-refractivity contribution is 5.29. The van der Waals surface area contributed by atoms with E-state index in [9.17, 15) is 0 Å². The maximum absolute atomic E-state index is 6.26. The standard InChI is InChI=1S/C15H24N2O/c1-15(2,3)12-6-4-11(5-7-12)14(16)13-10-17-8-9-18-13/h4-7,13-14,17H,8-10,16H2,1-3H3. The van der Waals surface area contributed by atoms with E-state index in [0.717, 1.165) is 25.3 Å². The van der Waals surface area contributed by atoms with Crippen molar-refractivity contribution < 1.29 is 4.74 Å². The molecule has 1 fully saturated rings. The maximum Gasteiger partial charge on any atom is 0.0892 e. The lowest BCUT2D eigenvalue weighted by atomic mass is 9.86. The lowest BCUT2D eigenvalue weighted by Crippen LogP contribution is -2.44. The molecular weight excluding hydrogens is 224 g/mol. The highest BCUT2D eigenvalue weighted by atomic mass is 16.5. The maximum atomic E-state index is 6.26. The minimum atomic E-state index is -0.0492. The van der Waals surface area contributed by atoms with Crippen LogP contribution in [0.25, 0.3) is 0 Å². The first-order valence-corrected chi connectivity index (χ1v) is 6.67. The van der Waals surface area contributed by atoms with Crippen LogP contribution in [-0.4, -0.2) is 25.8 Å². The molecule has 0 bridgehead atoms. The highest BCUT2D eigenvalue weighted by Crippen LogP contribution is 2.25. The molecule has 3 heteroatoms. The van der Waals surface area contributed by atoms with Gasteiger partial charge in [0.25, 0.3) is 0 Å². The fourth-order valence-electron chi connectivity index (χ4n) is 2.24. The van der Waals surface area contributed by atoms with E-state index in [0.29, 0.717) is 0 Å². The molecule has 3 nitrogen and oxygen atoms in total. The molecule has 0 aromatic heterocycles. The van der Waals surface area contributed by atoms with E-state index in [-0.39, 0.29) is 17.6 Å². The topological polar surface area (TPSA) is 47.3 Å². The van der Waals surface area contributed by atoms with Crippen LogP contribution in [0.4, 0.5) is 0 Å². The van der Waals surface area contributed by atoms with Crippen LogP contribution in [0, 0.1) is 0 Å². The van der Waals surface area contributed by atoms with E-state index in [4.69, 9.17) is 10.5 Å². The third kappa shape index (κ3) is 3.10. The zero-order valence-electron chi connectivity index (χ0n) is 11.6. The van der Waals surface area contributed by atoms with Crippen molar-refractivity contribution in [2.75, 3.05) is 19.7 Å². The summed E-state index contributed by atoms with van der Waals surface area (Å²) in [5.41, 5.74) is 8.93. The van der Waals surface area contributed by atoms with Gasteiger partial charge in [0.2, 0.25) is 0 Å². The van der Waals surface area contributed by atoms with Crippen LogP contribution in [0.1, 0.15) is 37.9 Å². The Balaban J connectivity index is 2.09. The largest absolute Gasteiger partial charge is 0.374 e. The average Bonchev–Trinajstić information content (AvgIpc) is 2.38. The molecule has 1 aliphatic heterocycles. The third-order valence-electron chi connectivity index (χ3n) is 3.52. The van der Waals surface area contributed by atoms with Gasteiger partial charge in [-0.2, -0.15) is 0 Å². The minimum absolute atomic E-state index is 0.0492. The van der Waals surface area contributed by atoms with Crippen LogP contribution in [0.3, 0.4) is 0 Å². The Morgan fingerprint density at radius 1 is 1.28 bits per heavy atom. The van der Waals surface area contributed by atoms with Crippen LogP contribution >= 0.6 is 0 Å². The smallest absolute Gasteiger partial charge is 0.0892 e. The van der Waals surface area contributed by atoms with Crippen LogP contribution in [0.15, 0.2) is 24.3 Å². The summed E-state index contributed by atoms with van der Waals surface area (Å²) in [4.78, 5) is 0. The Morgan fingerprint density at radius 2 is 1.94 bits per heavy atom. The fraction of sp³-hybridized carbons (Fsp3) is 0.600. The molecular formula is C15H24N2O. The first kappa shape index (κ1) is 13.5. The van der Waals surface area contributed by atoms with Gasteiger partial charge < -0.3 is 15.8 Å². The summed E-state index contributed by atoms with van der Waals surface area (Å²) >= 11 is 0. The van der Waals surface area contributed by atoms with Gasteiger partial charge in [0.1, 0.15) is 0 Å². The van der Waals surface area contributed by atoms with Crippen molar-refractivity contribution in [1.82, 2.24) is 5.32 Å². The van der Waals surface area contributed by atoms with Gasteiger partial charge in [-0.05, 0) is 16.5 Å². The molecule has 2 unspecified atom stereocenters. The molecule has 1 saturated heterocycles. The molecule has 0 radical (unpaired) electrons. The van der Waals surface area contributed by atoms with Crippen molar-refractivity contribution in [2.45, 2.75) is 38.3 Å². The van der Waals surface area contributed by atoms with Gasteiger partial charge in [-0.15, -0.1) is 0 Å². The number of hydrogen-bond donors (Lipinski definition) is 2. The minimum Gasteiger partial charge on any atom is -0.374 e. The number of benzene rings is 1. The first-order valence-electron chi connectivity index (χ1n) is 6.67. The van der Waals surface area contributed by atoms with Gasteiger partial charge in [0.05, 0.1) is 18.8 Å². The molecule has 0 aliphatic carbocycles. The van der Waals surface area contributed by atoms with E-state index >= 15 is 0 Å². The Labute approximate surface area is 110 Å². The van der Waals surface area contributed by atoms with Crippen molar-refractivity contribution >= 4 is 0 Å². The number of morpholine rings is 1. The first-order chi connectivity index (χ1) is 8.48. The Bertz CT molecular complexity index is 374. The summed E-state index contributed by atoms with van der Waals surface area (Å²) in [5, 5.41) is 3.32. The van der Waals surface area contributed by atoms with Crippen LogP contribution in [-0.2, 0) is 10.2 Å². The third-order valence-corrected chi connectivity index (χ3v) is 3.52. The summed E-state index contributed by atoms with van der Waals surface area (Å²) < 4.78 is 5.70. The molecule has 2 rings (SSSR count). The van der Waals surface area contributed by atoms with Gasteiger partial charge in [0, 0.05) is 13.1 Å². The quantitative estimate of drug-likeness (QED) is 0.841. The number of rotatable bonds is 2. The molecule has 2 atom stereocenters. The van der Waals surface area contributed by atoms with Crippen LogP contribution in [0.5, 0.6) is 0 Å². The second-order valence-electron chi connectivity index (χ2n) is 6.01. The molecule has 1 aliphatic rings. The molecule has 1 aromatic rings. The van der Waals surface area contributed by atoms with Gasteiger partial charge in [-0.25, -0.2) is 0 Å². The van der Waals surface area contributed by atoms with E-state index in [1.54, 1.807) is 0 Å². The fourth-order valence-corrected chi connectivity index (χ4v) is 2.24. The molecule has 3 N–H and O–H groups in total. The molecule has 0 amide bonds. The summed E-state index contributed by atoms with van der Waals surface area (Å²) in [6.07, 6.45) is 0.0826. The molecule has 0 spiro atoms. The number of ether oxygens (including phenoxy) is 1. The lowest BCUT2D eigenvalue weighted by Gasteiger charge is -2.29. The Kier molecular flexibility index (Phi) is 4.05. The van der Waals surface area contributed by atoms with Gasteiger partial charge in [0.15, 0.2) is 0 Å². The Hall–Kier alpha value is -0.900. The van der Waals surface area contributed by atoms with E-state index in [1.807, 2.05) is 0 Å². The lowest BCUT2D eigenvalue weighted by molar-refractivity contribution is 0.0122. The second-order valence-corrected chi connectivity index (χ2v) is 6.01. The zero-order valence-corrected chi connectivity index (χ0v) is 11.6. The highest BCUT2D eigenvalue weighted by Gasteiger charge is 2.23. The van der Waals surface area contributed by atoms with E-state index in [1.165, 1.54) is 5.56 Å². The normalized spacial score (nSPS) is 22.8. The Morgan fingerprint density at radius 3 is 2.44 bits per heavy atom. The molecule has 100 valence electrons. The van der Waals surface area contributed by atoms with Crippen molar-refractivity contribution in [3.05, 3.63) is 35.4 Å². The molecule has 1 heterocycles. The number of nitrogens with one attached hydrogen (secondary N) is 1. The molecule has 0 saturated carbocycles. The van der Waals surface area contributed by atoms with Crippen LogP contribution < -0.4 is 11.1 Å². The predicted molar refractivity (Wildman–Crippen MR) is 74.7 cm³/mol. The number of hydrogen-bond acceptors (Lipinski definition) is 3. The monoisotopic (exact) mass is 248 g/mol. The van der Waals surface area contributed by atoms with Gasteiger partial charge in [-0.1, -0.05) is 45.0 Å². The summed E-state index contributed by atoms with van der Waals surface area (Å²) in [5.74, 6) is 0. The van der Waals surface area contributed by atoms with Crippen LogP contribution in [0.2, 0.25) is 0 Å². The predicted octanol–water partition coefficient (Wildman–Crippen LogP) is 1.97. The van der Waals surface area contributed by atoms with Crippen molar-refractivity contribution in [3.63, 3.8) is 0 Å². The molecule has 18 heavy (non-hydrogen) atoms.